The number of aliphatic hydroxyl groups excluding tert-OH is 1. The van der Waals surface area contributed by atoms with Gasteiger partial charge in [-0.1, -0.05) is 0 Å². The van der Waals surface area contributed by atoms with Crippen LogP contribution in [0, 0.1) is 0 Å². The van der Waals surface area contributed by atoms with E-state index in [1.54, 1.807) is 0 Å². The lowest BCUT2D eigenvalue weighted by Gasteiger charge is -2.31. The van der Waals surface area contributed by atoms with Gasteiger partial charge in [-0.15, -0.1) is 0 Å². The Morgan fingerprint density at radius 1 is 1.57 bits per heavy atom. The number of rotatable bonds is 3. The molecule has 1 aliphatic carbocycles. The second-order valence-electron chi connectivity index (χ2n) is 3.38. The van der Waals surface area contributed by atoms with Crippen molar-refractivity contribution in [3.8, 4) is 0 Å². The highest BCUT2D eigenvalue weighted by Gasteiger charge is 2.31. The van der Waals surface area contributed by atoms with E-state index in [-0.39, 0.29) is 17.0 Å². The fourth-order valence-electron chi connectivity index (χ4n) is 1.36. The van der Waals surface area contributed by atoms with Gasteiger partial charge in [-0.05, 0) is 12.8 Å². The number of sulfonamides is 1. The summed E-state index contributed by atoms with van der Waals surface area (Å²) in [6, 6.07) is -0.148. The average molecular weight is 217 g/mol. The molecular formula is C7H11N3O3S. The zero-order chi connectivity index (χ0) is 10.2. The van der Waals surface area contributed by atoms with Crippen molar-refractivity contribution in [2.45, 2.75) is 29.9 Å². The standard InChI is InChI=1S/C7H11N3O3S/c11-6-1-5(2-6)10-14(12,13)7-3-8-9-4-7/h3-6,10-11H,1-2H2,(H,8,9). The fraction of sp³-hybridized carbons (Fsp3) is 0.571. The molecule has 14 heavy (non-hydrogen) atoms. The maximum atomic E-state index is 11.6. The molecule has 0 aromatic carbocycles. The highest BCUT2D eigenvalue weighted by atomic mass is 32.2. The van der Waals surface area contributed by atoms with Crippen molar-refractivity contribution in [3.63, 3.8) is 0 Å². The highest BCUT2D eigenvalue weighted by Crippen LogP contribution is 2.21. The molecule has 0 amide bonds. The predicted molar refractivity (Wildman–Crippen MR) is 47.9 cm³/mol. The molecule has 1 aromatic heterocycles. The van der Waals surface area contributed by atoms with Crippen LogP contribution in [0.3, 0.4) is 0 Å². The highest BCUT2D eigenvalue weighted by molar-refractivity contribution is 7.89. The Labute approximate surface area is 81.4 Å². The van der Waals surface area contributed by atoms with E-state index in [0.29, 0.717) is 12.8 Å². The van der Waals surface area contributed by atoms with Crippen LogP contribution in [0.1, 0.15) is 12.8 Å². The molecule has 0 saturated heterocycles. The molecule has 0 radical (unpaired) electrons. The van der Waals surface area contributed by atoms with E-state index < -0.39 is 10.0 Å². The van der Waals surface area contributed by atoms with E-state index in [1.165, 1.54) is 12.4 Å². The lowest BCUT2D eigenvalue weighted by Crippen LogP contribution is -2.46. The molecule has 0 bridgehead atoms. The molecule has 2 rings (SSSR count). The van der Waals surface area contributed by atoms with Crippen LogP contribution in [-0.4, -0.2) is 35.9 Å². The SMILES string of the molecule is O=S(=O)(NC1CC(O)C1)c1cn[nH]c1. The number of aromatic nitrogens is 2. The quantitative estimate of drug-likeness (QED) is 0.618. The normalized spacial score (nSPS) is 27.2. The van der Waals surface area contributed by atoms with E-state index in [4.69, 9.17) is 5.11 Å². The second-order valence-corrected chi connectivity index (χ2v) is 5.09. The number of aromatic amines is 1. The summed E-state index contributed by atoms with van der Waals surface area (Å²) in [4.78, 5) is 0.124. The lowest BCUT2D eigenvalue weighted by molar-refractivity contribution is 0.0712. The van der Waals surface area contributed by atoms with Gasteiger partial charge in [-0.2, -0.15) is 5.10 Å². The van der Waals surface area contributed by atoms with Gasteiger partial charge < -0.3 is 5.11 Å². The molecular weight excluding hydrogens is 206 g/mol. The van der Waals surface area contributed by atoms with E-state index >= 15 is 0 Å². The third kappa shape index (κ3) is 1.79. The second kappa shape index (κ2) is 3.34. The smallest absolute Gasteiger partial charge is 0.243 e. The minimum absolute atomic E-state index is 0.124. The molecule has 3 N–H and O–H groups in total. The van der Waals surface area contributed by atoms with Crippen LogP contribution in [0.25, 0.3) is 0 Å². The Morgan fingerprint density at radius 3 is 2.79 bits per heavy atom. The molecule has 1 fully saturated rings. The van der Waals surface area contributed by atoms with Crippen LogP contribution in [0.5, 0.6) is 0 Å². The van der Waals surface area contributed by atoms with Crippen LogP contribution in [-0.2, 0) is 10.0 Å². The minimum Gasteiger partial charge on any atom is -0.393 e. The number of hydrogen-bond donors (Lipinski definition) is 3. The predicted octanol–water partition coefficient (Wildman–Crippen LogP) is -0.789. The summed E-state index contributed by atoms with van der Waals surface area (Å²) in [6.45, 7) is 0. The van der Waals surface area contributed by atoms with Crippen molar-refractivity contribution >= 4 is 10.0 Å². The van der Waals surface area contributed by atoms with Crippen molar-refractivity contribution in [1.82, 2.24) is 14.9 Å². The molecule has 0 aliphatic heterocycles. The molecule has 0 spiro atoms. The molecule has 0 unspecified atom stereocenters. The van der Waals surface area contributed by atoms with Crippen molar-refractivity contribution in [1.29, 1.82) is 0 Å². The van der Waals surface area contributed by atoms with E-state index in [0.717, 1.165) is 0 Å². The van der Waals surface area contributed by atoms with Crippen LogP contribution >= 0.6 is 0 Å². The maximum Gasteiger partial charge on any atom is 0.243 e. The van der Waals surface area contributed by atoms with Gasteiger partial charge in [0.25, 0.3) is 0 Å². The molecule has 1 saturated carbocycles. The maximum absolute atomic E-state index is 11.6. The van der Waals surface area contributed by atoms with Gasteiger partial charge >= 0.3 is 0 Å². The van der Waals surface area contributed by atoms with Gasteiger partial charge in [0.1, 0.15) is 4.90 Å². The van der Waals surface area contributed by atoms with Gasteiger partial charge in [0.15, 0.2) is 0 Å². The van der Waals surface area contributed by atoms with Crippen LogP contribution in [0.15, 0.2) is 17.3 Å². The third-order valence-electron chi connectivity index (χ3n) is 2.22. The number of aliphatic hydroxyl groups is 1. The van der Waals surface area contributed by atoms with E-state index in [1.807, 2.05) is 0 Å². The van der Waals surface area contributed by atoms with Crippen molar-refractivity contribution in [2.75, 3.05) is 0 Å². The molecule has 1 aromatic rings. The first-order valence-electron chi connectivity index (χ1n) is 4.27. The number of hydrogen-bond acceptors (Lipinski definition) is 4. The Bertz CT molecular complexity index is 394. The van der Waals surface area contributed by atoms with Gasteiger partial charge in [-0.3, -0.25) is 5.10 Å². The fourth-order valence-corrected chi connectivity index (χ4v) is 2.52. The van der Waals surface area contributed by atoms with Crippen LogP contribution in [0.2, 0.25) is 0 Å². The number of H-pyrrole nitrogens is 1. The van der Waals surface area contributed by atoms with E-state index in [9.17, 15) is 8.42 Å². The molecule has 0 atom stereocenters. The summed E-state index contributed by atoms with van der Waals surface area (Å²) in [6.07, 6.45) is 3.16. The topological polar surface area (TPSA) is 95.1 Å². The first-order valence-corrected chi connectivity index (χ1v) is 5.75. The first-order chi connectivity index (χ1) is 6.58. The summed E-state index contributed by atoms with van der Waals surface area (Å²) in [7, 11) is -3.46. The summed E-state index contributed by atoms with van der Waals surface area (Å²) in [5.41, 5.74) is 0. The zero-order valence-corrected chi connectivity index (χ0v) is 8.16. The van der Waals surface area contributed by atoms with Gasteiger partial charge in [-0.25, -0.2) is 13.1 Å². The average Bonchev–Trinajstić information content (AvgIpc) is 2.52. The van der Waals surface area contributed by atoms with Crippen molar-refractivity contribution in [2.24, 2.45) is 0 Å². The Hall–Kier alpha value is -0.920. The molecule has 1 aliphatic rings. The molecule has 7 heteroatoms. The molecule has 1 heterocycles. The van der Waals surface area contributed by atoms with E-state index in [2.05, 4.69) is 14.9 Å². The lowest BCUT2D eigenvalue weighted by atomic mass is 9.91. The van der Waals surface area contributed by atoms with Crippen LogP contribution < -0.4 is 4.72 Å². The molecule has 78 valence electrons. The molecule has 6 nitrogen and oxygen atoms in total. The minimum atomic E-state index is -3.46. The van der Waals surface area contributed by atoms with Crippen molar-refractivity contribution < 1.29 is 13.5 Å². The zero-order valence-electron chi connectivity index (χ0n) is 7.34. The third-order valence-corrected chi connectivity index (χ3v) is 3.71. The number of nitrogens with one attached hydrogen (secondary N) is 2. The van der Waals surface area contributed by atoms with Crippen molar-refractivity contribution in [3.05, 3.63) is 12.4 Å². The Morgan fingerprint density at radius 2 is 2.29 bits per heavy atom. The summed E-state index contributed by atoms with van der Waals surface area (Å²) >= 11 is 0. The van der Waals surface area contributed by atoms with Gasteiger partial charge in [0.05, 0.1) is 12.3 Å². The summed E-state index contributed by atoms with van der Waals surface area (Å²) < 4.78 is 25.6. The summed E-state index contributed by atoms with van der Waals surface area (Å²) in [5.74, 6) is 0. The number of nitrogens with zero attached hydrogens (tertiary/aromatic N) is 1. The van der Waals surface area contributed by atoms with Gasteiger partial charge in [0, 0.05) is 12.2 Å². The largest absolute Gasteiger partial charge is 0.393 e. The first kappa shape index (κ1) is 9.63. The Kier molecular flexibility index (Phi) is 2.30. The van der Waals surface area contributed by atoms with Gasteiger partial charge in [0.2, 0.25) is 10.0 Å². The monoisotopic (exact) mass is 217 g/mol. The Balaban J connectivity index is 2.04. The summed E-state index contributed by atoms with van der Waals surface area (Å²) in [5, 5.41) is 15.0. The van der Waals surface area contributed by atoms with Crippen LogP contribution in [0.4, 0.5) is 0 Å².